The summed E-state index contributed by atoms with van der Waals surface area (Å²) in [6.07, 6.45) is 1.53. The van der Waals surface area contributed by atoms with Gasteiger partial charge in [-0.25, -0.2) is 4.98 Å². The third kappa shape index (κ3) is 3.39. The average molecular weight is 425 g/mol. The highest BCUT2D eigenvalue weighted by atomic mass is 35.5. The van der Waals surface area contributed by atoms with Gasteiger partial charge in [0.1, 0.15) is 11.6 Å². The van der Waals surface area contributed by atoms with Crippen LogP contribution in [0.15, 0.2) is 78.5 Å². The van der Waals surface area contributed by atoms with Gasteiger partial charge in [0.15, 0.2) is 0 Å². The van der Waals surface area contributed by atoms with E-state index in [9.17, 15) is 14.7 Å². The fourth-order valence-corrected chi connectivity index (χ4v) is 3.68. The van der Waals surface area contributed by atoms with Gasteiger partial charge < -0.3 is 5.11 Å². The zero-order valence-corrected chi connectivity index (χ0v) is 16.4. The zero-order chi connectivity index (χ0) is 20.5. The maximum Gasteiger partial charge on any atom is 0.301 e. The SMILES string of the molecule is O=C1C(=O)N(c2ccccn2)C(c2ccccc2Cl)/C1=C(\O)c1ccc(Cl)cc1. The van der Waals surface area contributed by atoms with E-state index in [2.05, 4.69) is 4.98 Å². The highest BCUT2D eigenvalue weighted by Crippen LogP contribution is 2.43. The van der Waals surface area contributed by atoms with E-state index in [1.165, 1.54) is 11.1 Å². The first-order valence-electron chi connectivity index (χ1n) is 8.71. The predicted molar refractivity (Wildman–Crippen MR) is 112 cm³/mol. The van der Waals surface area contributed by atoms with Crippen LogP contribution in [0, 0.1) is 0 Å². The smallest absolute Gasteiger partial charge is 0.301 e. The number of benzene rings is 2. The van der Waals surface area contributed by atoms with E-state index in [-0.39, 0.29) is 17.2 Å². The number of pyridine rings is 1. The number of halogens is 2. The third-order valence-electron chi connectivity index (χ3n) is 4.66. The zero-order valence-electron chi connectivity index (χ0n) is 14.9. The van der Waals surface area contributed by atoms with E-state index >= 15 is 0 Å². The van der Waals surface area contributed by atoms with Crippen LogP contribution in [0.4, 0.5) is 5.82 Å². The van der Waals surface area contributed by atoms with Gasteiger partial charge in [-0.3, -0.25) is 14.5 Å². The molecule has 4 rings (SSSR count). The number of carbonyl (C=O) groups is 2. The summed E-state index contributed by atoms with van der Waals surface area (Å²) < 4.78 is 0. The van der Waals surface area contributed by atoms with Crippen molar-refractivity contribution in [1.29, 1.82) is 0 Å². The third-order valence-corrected chi connectivity index (χ3v) is 5.25. The molecule has 2 aromatic carbocycles. The van der Waals surface area contributed by atoms with E-state index in [0.29, 0.717) is 21.2 Å². The number of rotatable bonds is 3. The van der Waals surface area contributed by atoms with Crippen LogP contribution in [0.1, 0.15) is 17.2 Å². The van der Waals surface area contributed by atoms with Crippen LogP contribution >= 0.6 is 23.2 Å². The summed E-state index contributed by atoms with van der Waals surface area (Å²) in [5.74, 6) is -1.62. The molecule has 29 heavy (non-hydrogen) atoms. The first-order chi connectivity index (χ1) is 14.0. The Hall–Kier alpha value is -3.15. The molecule has 1 amide bonds. The number of hydrogen-bond acceptors (Lipinski definition) is 4. The van der Waals surface area contributed by atoms with E-state index < -0.39 is 17.7 Å². The minimum absolute atomic E-state index is 0.0592. The Balaban J connectivity index is 1.97. The van der Waals surface area contributed by atoms with Gasteiger partial charge >= 0.3 is 5.91 Å². The van der Waals surface area contributed by atoms with E-state index in [4.69, 9.17) is 23.2 Å². The minimum Gasteiger partial charge on any atom is -0.507 e. The van der Waals surface area contributed by atoms with Crippen molar-refractivity contribution >= 4 is 46.5 Å². The van der Waals surface area contributed by atoms with Crippen molar-refractivity contribution in [1.82, 2.24) is 4.98 Å². The van der Waals surface area contributed by atoms with E-state index in [0.717, 1.165) is 0 Å². The van der Waals surface area contributed by atoms with Crippen molar-refractivity contribution in [3.05, 3.63) is 99.7 Å². The molecule has 1 aromatic heterocycles. The number of aliphatic hydroxyl groups excluding tert-OH is 1. The summed E-state index contributed by atoms with van der Waals surface area (Å²) in [4.78, 5) is 31.4. The van der Waals surface area contributed by atoms with Crippen LogP contribution in [-0.2, 0) is 9.59 Å². The Morgan fingerprint density at radius 3 is 2.28 bits per heavy atom. The summed E-state index contributed by atoms with van der Waals surface area (Å²) in [7, 11) is 0. The molecule has 0 radical (unpaired) electrons. The number of aliphatic hydroxyl groups is 1. The van der Waals surface area contributed by atoms with Crippen LogP contribution in [0.25, 0.3) is 5.76 Å². The summed E-state index contributed by atoms with van der Waals surface area (Å²) >= 11 is 12.3. The number of anilines is 1. The number of aromatic nitrogens is 1. The van der Waals surface area contributed by atoms with Gasteiger partial charge in [-0.2, -0.15) is 0 Å². The van der Waals surface area contributed by atoms with Crippen LogP contribution in [-0.4, -0.2) is 21.8 Å². The molecule has 1 aliphatic heterocycles. The quantitative estimate of drug-likeness (QED) is 0.364. The Bertz CT molecular complexity index is 1130. The molecular formula is C22H14Cl2N2O3. The number of ketones is 1. The standard InChI is InChI=1S/C22H14Cl2N2O3/c23-14-10-8-13(9-11-14)20(27)18-19(15-5-1-2-6-16(15)24)26(22(29)21(18)28)17-7-3-4-12-25-17/h1-12,19,27H/b20-18+. The van der Waals surface area contributed by atoms with Crippen LogP contribution < -0.4 is 4.90 Å². The summed E-state index contributed by atoms with van der Waals surface area (Å²) in [5, 5.41) is 11.8. The van der Waals surface area contributed by atoms with Crippen LogP contribution in [0.2, 0.25) is 10.0 Å². The molecule has 5 nitrogen and oxygen atoms in total. The molecular weight excluding hydrogens is 411 g/mol. The monoisotopic (exact) mass is 424 g/mol. The molecule has 3 aromatic rings. The topological polar surface area (TPSA) is 70.5 Å². The lowest BCUT2D eigenvalue weighted by molar-refractivity contribution is -0.132. The van der Waals surface area contributed by atoms with Gasteiger partial charge in [0.2, 0.25) is 0 Å². The van der Waals surface area contributed by atoms with E-state index in [1.807, 2.05) is 0 Å². The second-order valence-corrected chi connectivity index (χ2v) is 7.23. The molecule has 7 heteroatoms. The lowest BCUT2D eigenvalue weighted by Crippen LogP contribution is -2.30. The Morgan fingerprint density at radius 2 is 1.62 bits per heavy atom. The van der Waals surface area contributed by atoms with Crippen molar-refractivity contribution in [3.8, 4) is 0 Å². The van der Waals surface area contributed by atoms with Gasteiger partial charge in [-0.05, 0) is 48.0 Å². The largest absolute Gasteiger partial charge is 0.507 e. The van der Waals surface area contributed by atoms with Gasteiger partial charge in [0.05, 0.1) is 11.6 Å². The summed E-state index contributed by atoms with van der Waals surface area (Å²) in [6, 6.07) is 17.3. The van der Waals surface area contributed by atoms with E-state index in [1.54, 1.807) is 66.7 Å². The number of Topliss-reactive ketones (excluding diaryl/α,β-unsaturated/α-hetero) is 1. The van der Waals surface area contributed by atoms with Crippen molar-refractivity contribution < 1.29 is 14.7 Å². The fourth-order valence-electron chi connectivity index (χ4n) is 3.32. The Morgan fingerprint density at radius 1 is 0.931 bits per heavy atom. The molecule has 0 spiro atoms. The second kappa shape index (κ2) is 7.70. The lowest BCUT2D eigenvalue weighted by Gasteiger charge is -2.25. The highest BCUT2D eigenvalue weighted by Gasteiger charge is 2.48. The molecule has 2 heterocycles. The number of carbonyl (C=O) groups excluding carboxylic acids is 2. The molecule has 0 bridgehead atoms. The molecule has 1 unspecified atom stereocenters. The van der Waals surface area contributed by atoms with Crippen molar-refractivity contribution in [2.24, 2.45) is 0 Å². The first kappa shape index (κ1) is 19.2. The average Bonchev–Trinajstić information content (AvgIpc) is 3.00. The van der Waals surface area contributed by atoms with Crippen LogP contribution in [0.3, 0.4) is 0 Å². The number of hydrogen-bond donors (Lipinski definition) is 1. The minimum atomic E-state index is -0.922. The normalized spacial score (nSPS) is 18.3. The van der Waals surface area contributed by atoms with Gasteiger partial charge in [-0.15, -0.1) is 0 Å². The van der Waals surface area contributed by atoms with Gasteiger partial charge in [-0.1, -0.05) is 47.5 Å². The summed E-state index contributed by atoms with van der Waals surface area (Å²) in [6.45, 7) is 0. The van der Waals surface area contributed by atoms with Crippen molar-refractivity contribution in [3.63, 3.8) is 0 Å². The molecule has 0 saturated carbocycles. The van der Waals surface area contributed by atoms with Gasteiger partial charge in [0.25, 0.3) is 5.78 Å². The predicted octanol–water partition coefficient (Wildman–Crippen LogP) is 5.01. The fraction of sp³-hybridized carbons (Fsp3) is 0.0455. The first-order valence-corrected chi connectivity index (χ1v) is 9.47. The second-order valence-electron chi connectivity index (χ2n) is 6.39. The molecule has 1 fully saturated rings. The van der Waals surface area contributed by atoms with Gasteiger partial charge in [0, 0.05) is 21.8 Å². The molecule has 1 N–H and O–H groups in total. The van der Waals surface area contributed by atoms with Crippen molar-refractivity contribution in [2.45, 2.75) is 6.04 Å². The number of nitrogens with zero attached hydrogens (tertiary/aromatic N) is 2. The highest BCUT2D eigenvalue weighted by molar-refractivity contribution is 6.51. The molecule has 1 aliphatic rings. The molecule has 1 saturated heterocycles. The lowest BCUT2D eigenvalue weighted by atomic mass is 9.95. The Labute approximate surface area is 176 Å². The maximum atomic E-state index is 13.0. The Kier molecular flexibility index (Phi) is 5.09. The number of amides is 1. The molecule has 1 atom stereocenters. The van der Waals surface area contributed by atoms with Crippen LogP contribution in [0.5, 0.6) is 0 Å². The summed E-state index contributed by atoms with van der Waals surface area (Å²) in [5.41, 5.74) is 0.816. The molecule has 144 valence electrons. The van der Waals surface area contributed by atoms with Crippen molar-refractivity contribution in [2.75, 3.05) is 4.90 Å². The molecule has 0 aliphatic carbocycles. The maximum absolute atomic E-state index is 13.0.